The smallest absolute Gasteiger partial charge is 0.122 e. The molecule has 0 spiro atoms. The predicted octanol–water partition coefficient (Wildman–Crippen LogP) is 3.89. The van der Waals surface area contributed by atoms with Crippen LogP contribution in [0.2, 0.25) is 0 Å². The van der Waals surface area contributed by atoms with Gasteiger partial charge in [0.2, 0.25) is 0 Å². The summed E-state index contributed by atoms with van der Waals surface area (Å²) in [5.41, 5.74) is 3.11. The average molecular weight is 261 g/mol. The predicted molar refractivity (Wildman–Crippen MR) is 81.0 cm³/mol. The van der Waals surface area contributed by atoms with Gasteiger partial charge in [0.1, 0.15) is 5.75 Å². The minimum atomic E-state index is 0.385. The Morgan fingerprint density at radius 3 is 2.53 bits per heavy atom. The van der Waals surface area contributed by atoms with Crippen LogP contribution in [0.1, 0.15) is 50.2 Å². The summed E-state index contributed by atoms with van der Waals surface area (Å²) in [6.07, 6.45) is 3.66. The van der Waals surface area contributed by atoms with Gasteiger partial charge in [0, 0.05) is 6.04 Å². The fraction of sp³-hybridized carbons (Fsp3) is 0.647. The molecule has 0 aromatic heterocycles. The fourth-order valence-corrected chi connectivity index (χ4v) is 3.99. The maximum Gasteiger partial charge on any atom is 0.122 e. The van der Waals surface area contributed by atoms with Gasteiger partial charge in [0.05, 0.1) is 7.11 Å². The first kappa shape index (κ1) is 14.4. The van der Waals surface area contributed by atoms with Crippen LogP contribution in [0.3, 0.4) is 0 Å². The van der Waals surface area contributed by atoms with Crippen LogP contribution in [0.25, 0.3) is 0 Å². The first-order valence-electron chi connectivity index (χ1n) is 7.44. The molecular weight excluding hydrogens is 234 g/mol. The number of nitrogens with one attached hydrogen (secondary N) is 1. The lowest BCUT2D eigenvalue weighted by Gasteiger charge is -2.56. The maximum absolute atomic E-state index is 5.59. The zero-order valence-electron chi connectivity index (χ0n) is 12.9. The number of ether oxygens (including phenoxy) is 1. The molecule has 2 atom stereocenters. The molecule has 0 amide bonds. The molecule has 19 heavy (non-hydrogen) atoms. The number of aryl methyl sites for hydroxylation is 1. The van der Waals surface area contributed by atoms with Crippen molar-refractivity contribution in [1.82, 2.24) is 5.32 Å². The fourth-order valence-electron chi connectivity index (χ4n) is 3.99. The topological polar surface area (TPSA) is 21.3 Å². The highest BCUT2D eigenvalue weighted by Crippen LogP contribution is 2.58. The van der Waals surface area contributed by atoms with E-state index in [0.717, 1.165) is 5.75 Å². The van der Waals surface area contributed by atoms with Crippen molar-refractivity contribution in [3.8, 4) is 5.75 Å². The van der Waals surface area contributed by atoms with E-state index < -0.39 is 0 Å². The lowest BCUT2D eigenvalue weighted by molar-refractivity contribution is 0.0233. The van der Waals surface area contributed by atoms with E-state index in [-0.39, 0.29) is 0 Å². The Balaban J connectivity index is 2.39. The Hall–Kier alpha value is -1.02. The van der Waals surface area contributed by atoms with Crippen molar-refractivity contribution in [3.05, 3.63) is 29.3 Å². The van der Waals surface area contributed by atoms with Crippen LogP contribution in [0.4, 0.5) is 0 Å². The van der Waals surface area contributed by atoms with Gasteiger partial charge in [-0.25, -0.2) is 0 Å². The molecule has 0 saturated heterocycles. The SMILES string of the molecule is CCC1(CC)C(NC)CC1c1cc(C)ccc1OC. The molecule has 2 rings (SSSR count). The van der Waals surface area contributed by atoms with Gasteiger partial charge >= 0.3 is 0 Å². The van der Waals surface area contributed by atoms with E-state index in [9.17, 15) is 0 Å². The second-order valence-corrected chi connectivity index (χ2v) is 5.82. The van der Waals surface area contributed by atoms with Gasteiger partial charge in [-0.3, -0.25) is 0 Å². The molecular formula is C17H27NO. The van der Waals surface area contributed by atoms with E-state index in [4.69, 9.17) is 4.74 Å². The number of methoxy groups -OCH3 is 1. The van der Waals surface area contributed by atoms with Gasteiger partial charge < -0.3 is 10.1 Å². The van der Waals surface area contributed by atoms with Crippen LogP contribution in [-0.4, -0.2) is 20.2 Å². The maximum atomic E-state index is 5.59. The van der Waals surface area contributed by atoms with Crippen LogP contribution in [0, 0.1) is 12.3 Å². The highest BCUT2D eigenvalue weighted by atomic mass is 16.5. The first-order valence-corrected chi connectivity index (χ1v) is 7.44. The molecule has 2 nitrogen and oxygen atoms in total. The summed E-state index contributed by atoms with van der Waals surface area (Å²) < 4.78 is 5.59. The molecule has 1 aromatic rings. The highest BCUT2D eigenvalue weighted by Gasteiger charge is 2.52. The summed E-state index contributed by atoms with van der Waals surface area (Å²) in [6.45, 7) is 6.81. The van der Waals surface area contributed by atoms with Crippen molar-refractivity contribution in [2.75, 3.05) is 14.2 Å². The third-order valence-electron chi connectivity index (χ3n) is 5.28. The van der Waals surface area contributed by atoms with Gasteiger partial charge in [0.15, 0.2) is 0 Å². The summed E-state index contributed by atoms with van der Waals surface area (Å²) in [5, 5.41) is 3.51. The molecule has 1 saturated carbocycles. The Morgan fingerprint density at radius 1 is 1.32 bits per heavy atom. The molecule has 1 N–H and O–H groups in total. The monoisotopic (exact) mass is 261 g/mol. The van der Waals surface area contributed by atoms with Gasteiger partial charge in [-0.2, -0.15) is 0 Å². The minimum Gasteiger partial charge on any atom is -0.496 e. The summed E-state index contributed by atoms with van der Waals surface area (Å²) in [6, 6.07) is 7.21. The third kappa shape index (κ3) is 2.16. The molecule has 1 aromatic carbocycles. The number of rotatable bonds is 5. The van der Waals surface area contributed by atoms with E-state index in [1.165, 1.54) is 30.4 Å². The van der Waals surface area contributed by atoms with E-state index in [1.807, 2.05) is 0 Å². The minimum absolute atomic E-state index is 0.385. The molecule has 1 fully saturated rings. The molecule has 1 aliphatic carbocycles. The molecule has 0 aliphatic heterocycles. The Kier molecular flexibility index (Phi) is 4.19. The Labute approximate surface area is 117 Å². The van der Waals surface area contributed by atoms with E-state index >= 15 is 0 Å². The Bertz CT molecular complexity index is 437. The van der Waals surface area contributed by atoms with Crippen LogP contribution in [0.15, 0.2) is 18.2 Å². The quantitative estimate of drug-likeness (QED) is 0.868. The van der Waals surface area contributed by atoms with Gasteiger partial charge in [-0.05, 0) is 56.2 Å². The molecule has 0 bridgehead atoms. The highest BCUT2D eigenvalue weighted by molar-refractivity contribution is 5.43. The standard InChI is InChI=1S/C17H27NO/c1-6-17(7-2)14(11-16(17)18-4)13-10-12(3)8-9-15(13)19-5/h8-10,14,16,18H,6-7,11H2,1-5H3. The lowest BCUT2D eigenvalue weighted by Crippen LogP contribution is -2.57. The zero-order valence-corrected chi connectivity index (χ0v) is 12.9. The average Bonchev–Trinajstić information content (AvgIpc) is 2.40. The van der Waals surface area contributed by atoms with Gasteiger partial charge in [-0.15, -0.1) is 0 Å². The summed E-state index contributed by atoms with van der Waals surface area (Å²) in [7, 11) is 3.87. The second kappa shape index (κ2) is 5.54. The molecule has 0 radical (unpaired) electrons. The molecule has 106 valence electrons. The summed E-state index contributed by atoms with van der Waals surface area (Å²) >= 11 is 0. The van der Waals surface area contributed by atoms with E-state index in [1.54, 1.807) is 7.11 Å². The van der Waals surface area contributed by atoms with Crippen LogP contribution in [0.5, 0.6) is 5.75 Å². The Morgan fingerprint density at radius 2 is 2.00 bits per heavy atom. The van der Waals surface area contributed by atoms with Crippen molar-refractivity contribution in [2.45, 2.75) is 52.0 Å². The molecule has 2 unspecified atom stereocenters. The third-order valence-corrected chi connectivity index (χ3v) is 5.28. The summed E-state index contributed by atoms with van der Waals surface area (Å²) in [5.74, 6) is 1.67. The van der Waals surface area contributed by atoms with Crippen molar-refractivity contribution in [1.29, 1.82) is 0 Å². The van der Waals surface area contributed by atoms with Crippen LogP contribution >= 0.6 is 0 Å². The first-order chi connectivity index (χ1) is 9.12. The number of hydrogen-bond acceptors (Lipinski definition) is 2. The van der Waals surface area contributed by atoms with Gasteiger partial charge in [0.25, 0.3) is 0 Å². The van der Waals surface area contributed by atoms with Crippen LogP contribution in [-0.2, 0) is 0 Å². The van der Waals surface area contributed by atoms with Crippen LogP contribution < -0.4 is 10.1 Å². The number of benzene rings is 1. The molecule has 0 heterocycles. The lowest BCUT2D eigenvalue weighted by atomic mass is 9.51. The van der Waals surface area contributed by atoms with E-state index in [0.29, 0.717) is 17.4 Å². The van der Waals surface area contributed by atoms with Crippen molar-refractivity contribution < 1.29 is 4.74 Å². The van der Waals surface area contributed by atoms with Crippen molar-refractivity contribution in [3.63, 3.8) is 0 Å². The second-order valence-electron chi connectivity index (χ2n) is 5.82. The largest absolute Gasteiger partial charge is 0.496 e. The zero-order chi connectivity index (χ0) is 14.0. The van der Waals surface area contributed by atoms with Crippen molar-refractivity contribution >= 4 is 0 Å². The van der Waals surface area contributed by atoms with E-state index in [2.05, 4.69) is 51.3 Å². The molecule has 1 aliphatic rings. The summed E-state index contributed by atoms with van der Waals surface area (Å²) in [4.78, 5) is 0. The molecule has 2 heteroatoms. The number of hydrogen-bond donors (Lipinski definition) is 1. The normalized spacial score (nSPS) is 24.9. The van der Waals surface area contributed by atoms with Gasteiger partial charge in [-0.1, -0.05) is 31.5 Å². The van der Waals surface area contributed by atoms with Crippen molar-refractivity contribution in [2.24, 2.45) is 5.41 Å².